The number of amides is 1. The Kier molecular flexibility index (Phi) is 2.52. The van der Waals surface area contributed by atoms with Gasteiger partial charge in [0.2, 0.25) is 5.91 Å². The van der Waals surface area contributed by atoms with Crippen LogP contribution in [0.25, 0.3) is 0 Å². The highest BCUT2D eigenvalue weighted by molar-refractivity contribution is 5.78. The highest BCUT2D eigenvalue weighted by Gasteiger charge is 2.41. The van der Waals surface area contributed by atoms with Crippen LogP contribution >= 0.6 is 0 Å². The first kappa shape index (κ1) is 9.97. The van der Waals surface area contributed by atoms with E-state index >= 15 is 0 Å². The molecule has 0 spiro atoms. The fourth-order valence-electron chi connectivity index (χ4n) is 2.21. The van der Waals surface area contributed by atoms with Gasteiger partial charge < -0.3 is 10.6 Å². The number of hydrogen-bond acceptors (Lipinski definition) is 2. The van der Waals surface area contributed by atoms with E-state index in [-0.39, 0.29) is 11.4 Å². The van der Waals surface area contributed by atoms with Gasteiger partial charge >= 0.3 is 0 Å². The van der Waals surface area contributed by atoms with Crippen LogP contribution in [0.4, 0.5) is 0 Å². The average molecular weight is 196 g/mol. The molecule has 2 aliphatic rings. The highest BCUT2D eigenvalue weighted by atomic mass is 16.2. The SMILES string of the molecule is CC1CCCCN1C(=O)CC1(N)CC1. The van der Waals surface area contributed by atoms with E-state index in [1.54, 1.807) is 0 Å². The Balaban J connectivity index is 1.89. The van der Waals surface area contributed by atoms with Gasteiger partial charge in [0.1, 0.15) is 0 Å². The Bertz CT molecular complexity index is 235. The van der Waals surface area contributed by atoms with Gasteiger partial charge in [-0.05, 0) is 39.0 Å². The van der Waals surface area contributed by atoms with E-state index in [1.807, 2.05) is 4.90 Å². The largest absolute Gasteiger partial charge is 0.340 e. The van der Waals surface area contributed by atoms with Crippen LogP contribution in [-0.4, -0.2) is 28.9 Å². The van der Waals surface area contributed by atoms with Crippen molar-refractivity contribution in [2.75, 3.05) is 6.54 Å². The molecule has 1 aliphatic heterocycles. The van der Waals surface area contributed by atoms with Crippen LogP contribution in [0.2, 0.25) is 0 Å². The second kappa shape index (κ2) is 3.54. The summed E-state index contributed by atoms with van der Waals surface area (Å²) in [6.07, 6.45) is 6.20. The molecule has 0 aromatic heterocycles. The number of rotatable bonds is 2. The van der Waals surface area contributed by atoms with Crippen molar-refractivity contribution in [2.45, 2.75) is 57.0 Å². The first-order chi connectivity index (χ1) is 6.61. The molecule has 2 N–H and O–H groups in total. The van der Waals surface area contributed by atoms with Crippen LogP contribution in [0.5, 0.6) is 0 Å². The summed E-state index contributed by atoms with van der Waals surface area (Å²) in [7, 11) is 0. The van der Waals surface area contributed by atoms with Gasteiger partial charge in [-0.25, -0.2) is 0 Å². The topological polar surface area (TPSA) is 46.3 Å². The third-order valence-corrected chi connectivity index (χ3v) is 3.52. The van der Waals surface area contributed by atoms with Crippen LogP contribution in [0.3, 0.4) is 0 Å². The minimum absolute atomic E-state index is 0.131. The maximum atomic E-state index is 11.9. The molecule has 1 heterocycles. The second-order valence-corrected chi connectivity index (χ2v) is 4.97. The summed E-state index contributed by atoms with van der Waals surface area (Å²) in [6, 6.07) is 0.429. The smallest absolute Gasteiger partial charge is 0.224 e. The lowest BCUT2D eigenvalue weighted by Crippen LogP contribution is -2.44. The van der Waals surface area contributed by atoms with Crippen molar-refractivity contribution >= 4 is 5.91 Å². The standard InChI is InChI=1S/C11H20N2O/c1-9-4-2-3-7-13(9)10(14)8-11(12)5-6-11/h9H,2-8,12H2,1H3. The third kappa shape index (κ3) is 2.08. The number of piperidine rings is 1. The fraction of sp³-hybridized carbons (Fsp3) is 0.909. The number of nitrogens with zero attached hydrogens (tertiary/aromatic N) is 1. The van der Waals surface area contributed by atoms with E-state index in [0.717, 1.165) is 32.2 Å². The van der Waals surface area contributed by atoms with Crippen LogP contribution in [-0.2, 0) is 4.79 Å². The van der Waals surface area contributed by atoms with E-state index in [2.05, 4.69) is 6.92 Å². The fourth-order valence-corrected chi connectivity index (χ4v) is 2.21. The highest BCUT2D eigenvalue weighted by Crippen LogP contribution is 2.36. The maximum absolute atomic E-state index is 11.9. The first-order valence-corrected chi connectivity index (χ1v) is 5.69. The minimum atomic E-state index is -0.131. The second-order valence-electron chi connectivity index (χ2n) is 4.97. The Labute approximate surface area is 85.6 Å². The average Bonchev–Trinajstić information content (AvgIpc) is 2.84. The molecule has 1 saturated carbocycles. The number of hydrogen-bond donors (Lipinski definition) is 1. The lowest BCUT2D eigenvalue weighted by Gasteiger charge is -2.34. The lowest BCUT2D eigenvalue weighted by atomic mass is 10.0. The van der Waals surface area contributed by atoms with Crippen molar-refractivity contribution in [2.24, 2.45) is 5.73 Å². The normalized spacial score (nSPS) is 30.1. The molecule has 1 saturated heterocycles. The molecule has 0 bridgehead atoms. The molecule has 2 fully saturated rings. The van der Waals surface area contributed by atoms with Crippen molar-refractivity contribution in [1.29, 1.82) is 0 Å². The summed E-state index contributed by atoms with van der Waals surface area (Å²) in [6.45, 7) is 3.09. The molecule has 3 heteroatoms. The van der Waals surface area contributed by atoms with Gasteiger partial charge in [-0.3, -0.25) is 4.79 Å². The number of carbonyl (C=O) groups is 1. The molecule has 2 rings (SSSR count). The summed E-state index contributed by atoms with van der Waals surface area (Å²) < 4.78 is 0. The molecule has 80 valence electrons. The van der Waals surface area contributed by atoms with Gasteiger partial charge in [-0.2, -0.15) is 0 Å². The van der Waals surface area contributed by atoms with Gasteiger partial charge in [-0.15, -0.1) is 0 Å². The molecule has 1 amide bonds. The molecular weight excluding hydrogens is 176 g/mol. The summed E-state index contributed by atoms with van der Waals surface area (Å²) in [5, 5.41) is 0. The summed E-state index contributed by atoms with van der Waals surface area (Å²) in [5.41, 5.74) is 5.82. The van der Waals surface area contributed by atoms with Crippen molar-refractivity contribution in [1.82, 2.24) is 4.90 Å². The molecule has 0 radical (unpaired) electrons. The zero-order valence-corrected chi connectivity index (χ0v) is 8.96. The minimum Gasteiger partial charge on any atom is -0.340 e. The van der Waals surface area contributed by atoms with E-state index in [0.29, 0.717) is 12.5 Å². The van der Waals surface area contributed by atoms with Gasteiger partial charge in [0.05, 0.1) is 0 Å². The van der Waals surface area contributed by atoms with E-state index in [1.165, 1.54) is 6.42 Å². The van der Waals surface area contributed by atoms with Crippen LogP contribution in [0, 0.1) is 0 Å². The molecule has 0 aromatic carbocycles. The molecular formula is C11H20N2O. The molecule has 14 heavy (non-hydrogen) atoms. The zero-order valence-electron chi connectivity index (χ0n) is 8.96. The Hall–Kier alpha value is -0.570. The lowest BCUT2D eigenvalue weighted by molar-refractivity contribution is -0.134. The van der Waals surface area contributed by atoms with Crippen molar-refractivity contribution in [3.63, 3.8) is 0 Å². The predicted molar refractivity (Wildman–Crippen MR) is 55.8 cm³/mol. The molecule has 0 aromatic rings. The van der Waals surface area contributed by atoms with Crippen LogP contribution in [0.15, 0.2) is 0 Å². The Morgan fingerprint density at radius 3 is 2.79 bits per heavy atom. The van der Waals surface area contributed by atoms with Gasteiger partial charge in [0.25, 0.3) is 0 Å². The predicted octanol–water partition coefficient (Wildman–Crippen LogP) is 1.27. The Morgan fingerprint density at radius 1 is 1.50 bits per heavy atom. The third-order valence-electron chi connectivity index (χ3n) is 3.52. The number of carbonyl (C=O) groups excluding carboxylic acids is 1. The number of nitrogens with two attached hydrogens (primary N) is 1. The maximum Gasteiger partial charge on any atom is 0.224 e. The number of likely N-dealkylation sites (tertiary alicyclic amines) is 1. The quantitative estimate of drug-likeness (QED) is 0.723. The summed E-state index contributed by atoms with van der Waals surface area (Å²) in [4.78, 5) is 13.9. The molecule has 1 aliphatic carbocycles. The van der Waals surface area contributed by atoms with Crippen molar-refractivity contribution < 1.29 is 4.79 Å². The zero-order chi connectivity index (χ0) is 10.2. The summed E-state index contributed by atoms with van der Waals surface area (Å²) >= 11 is 0. The first-order valence-electron chi connectivity index (χ1n) is 5.69. The van der Waals surface area contributed by atoms with Crippen LogP contribution in [0.1, 0.15) is 45.4 Å². The van der Waals surface area contributed by atoms with Crippen molar-refractivity contribution in [3.05, 3.63) is 0 Å². The molecule has 1 unspecified atom stereocenters. The Morgan fingerprint density at radius 2 is 2.21 bits per heavy atom. The summed E-state index contributed by atoms with van der Waals surface area (Å²) in [5.74, 6) is 0.275. The van der Waals surface area contributed by atoms with E-state index in [4.69, 9.17) is 5.73 Å². The van der Waals surface area contributed by atoms with Gasteiger partial charge in [0, 0.05) is 24.5 Å². The van der Waals surface area contributed by atoms with E-state index < -0.39 is 0 Å². The van der Waals surface area contributed by atoms with Crippen LogP contribution < -0.4 is 5.73 Å². The molecule has 1 atom stereocenters. The van der Waals surface area contributed by atoms with E-state index in [9.17, 15) is 4.79 Å². The van der Waals surface area contributed by atoms with Gasteiger partial charge in [-0.1, -0.05) is 0 Å². The van der Waals surface area contributed by atoms with Gasteiger partial charge in [0.15, 0.2) is 0 Å². The monoisotopic (exact) mass is 196 g/mol. The van der Waals surface area contributed by atoms with Crippen molar-refractivity contribution in [3.8, 4) is 0 Å². The molecule has 3 nitrogen and oxygen atoms in total.